The lowest BCUT2D eigenvalue weighted by Gasteiger charge is -2.31. The molecule has 0 heterocycles. The third kappa shape index (κ3) is 2.22. The summed E-state index contributed by atoms with van der Waals surface area (Å²) in [5, 5.41) is 10.4. The van der Waals surface area contributed by atoms with Crippen LogP contribution in [-0.4, -0.2) is 16.5 Å². The third-order valence-corrected chi connectivity index (χ3v) is 3.25. The molecule has 0 fully saturated rings. The average molecular weight is 228 g/mol. The fraction of sp³-hybridized carbons (Fsp3) is 0.267. The number of benzene rings is 1. The normalized spacial score (nSPS) is 27.1. The van der Waals surface area contributed by atoms with E-state index in [0.717, 1.165) is 0 Å². The molecular formula is C15H16O2. The molecule has 1 aliphatic rings. The second kappa shape index (κ2) is 4.68. The number of carbonyl (C=O) groups is 1. The van der Waals surface area contributed by atoms with Crippen molar-refractivity contribution in [2.75, 3.05) is 0 Å². The van der Waals surface area contributed by atoms with E-state index < -0.39 is 11.5 Å². The van der Waals surface area contributed by atoms with Crippen LogP contribution in [-0.2, 0) is 0 Å². The van der Waals surface area contributed by atoms with Crippen LogP contribution in [0, 0.1) is 5.92 Å². The molecule has 0 saturated carbocycles. The van der Waals surface area contributed by atoms with Crippen LogP contribution in [0.3, 0.4) is 0 Å². The number of Topliss-reactive ketones (excluding diaryl/α,β-unsaturated/α-hetero) is 1. The zero-order valence-corrected chi connectivity index (χ0v) is 9.84. The summed E-state index contributed by atoms with van der Waals surface area (Å²) in [6, 6.07) is 9.11. The summed E-state index contributed by atoms with van der Waals surface area (Å²) in [6.45, 7) is 1.88. The van der Waals surface area contributed by atoms with E-state index in [-0.39, 0.29) is 5.78 Å². The van der Waals surface area contributed by atoms with Gasteiger partial charge in [0.1, 0.15) is 0 Å². The fourth-order valence-corrected chi connectivity index (χ4v) is 2.10. The van der Waals surface area contributed by atoms with Crippen molar-refractivity contribution < 1.29 is 9.90 Å². The second-order valence-electron chi connectivity index (χ2n) is 4.30. The maximum atomic E-state index is 12.3. The van der Waals surface area contributed by atoms with Crippen LogP contribution in [0.25, 0.3) is 0 Å². The van der Waals surface area contributed by atoms with Gasteiger partial charge in [-0.15, -0.1) is 0 Å². The van der Waals surface area contributed by atoms with Crippen molar-refractivity contribution in [2.24, 2.45) is 5.92 Å². The molecule has 0 spiro atoms. The molecule has 1 aliphatic carbocycles. The van der Waals surface area contributed by atoms with Crippen LogP contribution in [0.4, 0.5) is 0 Å². The van der Waals surface area contributed by atoms with Crippen LogP contribution in [0.15, 0.2) is 54.6 Å². The predicted molar refractivity (Wildman–Crippen MR) is 67.8 cm³/mol. The van der Waals surface area contributed by atoms with Crippen molar-refractivity contribution in [1.82, 2.24) is 0 Å². The van der Waals surface area contributed by atoms with Gasteiger partial charge in [0, 0.05) is 5.56 Å². The van der Waals surface area contributed by atoms with Crippen molar-refractivity contribution in [3.63, 3.8) is 0 Å². The Morgan fingerprint density at radius 3 is 2.65 bits per heavy atom. The summed E-state index contributed by atoms with van der Waals surface area (Å²) in [4.78, 5) is 12.3. The lowest BCUT2D eigenvalue weighted by Crippen LogP contribution is -2.40. The molecule has 1 aromatic carbocycles. The summed E-state index contributed by atoms with van der Waals surface area (Å²) in [6.07, 6.45) is 7.61. The first-order valence-corrected chi connectivity index (χ1v) is 5.85. The van der Waals surface area contributed by atoms with Crippen molar-refractivity contribution in [1.29, 1.82) is 0 Å². The Balaban J connectivity index is 2.31. The fourth-order valence-electron chi connectivity index (χ4n) is 2.10. The summed E-state index contributed by atoms with van der Waals surface area (Å²) in [5.41, 5.74) is -0.411. The van der Waals surface area contributed by atoms with Gasteiger partial charge in [0.15, 0.2) is 5.78 Å². The first kappa shape index (κ1) is 11.8. The Kier molecular flexibility index (Phi) is 3.25. The van der Waals surface area contributed by atoms with Gasteiger partial charge in [0.25, 0.3) is 0 Å². The second-order valence-corrected chi connectivity index (χ2v) is 4.30. The molecule has 1 aromatic rings. The highest BCUT2D eigenvalue weighted by molar-refractivity contribution is 6.00. The summed E-state index contributed by atoms with van der Waals surface area (Å²) >= 11 is 0. The molecular weight excluding hydrogens is 212 g/mol. The van der Waals surface area contributed by atoms with E-state index in [9.17, 15) is 9.90 Å². The molecule has 2 heteroatoms. The molecule has 0 radical (unpaired) electrons. The van der Waals surface area contributed by atoms with Gasteiger partial charge in [-0.25, -0.2) is 0 Å². The third-order valence-electron chi connectivity index (χ3n) is 3.25. The zero-order chi connectivity index (χ0) is 12.3. The number of hydrogen-bond donors (Lipinski definition) is 1. The Morgan fingerprint density at radius 2 is 2.00 bits per heavy atom. The van der Waals surface area contributed by atoms with E-state index in [1.54, 1.807) is 30.4 Å². The molecule has 0 aliphatic heterocycles. The molecule has 0 aromatic heterocycles. The smallest absolute Gasteiger partial charge is 0.172 e. The van der Waals surface area contributed by atoms with E-state index in [2.05, 4.69) is 0 Å². The van der Waals surface area contributed by atoms with Crippen molar-refractivity contribution in [3.8, 4) is 0 Å². The Bertz CT molecular complexity index is 459. The summed E-state index contributed by atoms with van der Waals surface area (Å²) in [7, 11) is 0. The largest absolute Gasteiger partial charge is 0.385 e. The summed E-state index contributed by atoms with van der Waals surface area (Å²) in [5.74, 6) is -0.518. The van der Waals surface area contributed by atoms with Crippen molar-refractivity contribution >= 4 is 5.78 Å². The molecule has 17 heavy (non-hydrogen) atoms. The molecule has 0 amide bonds. The number of rotatable bonds is 3. The van der Waals surface area contributed by atoms with E-state index >= 15 is 0 Å². The minimum Gasteiger partial charge on any atom is -0.385 e. The molecule has 0 bridgehead atoms. The Hall–Kier alpha value is -1.67. The molecule has 2 unspecified atom stereocenters. The maximum absolute atomic E-state index is 12.3. The first-order valence-electron chi connectivity index (χ1n) is 5.85. The number of allylic oxidation sites excluding steroid dienone is 2. The first-order chi connectivity index (χ1) is 8.17. The summed E-state index contributed by atoms with van der Waals surface area (Å²) < 4.78 is 0. The molecule has 1 N–H and O–H groups in total. The van der Waals surface area contributed by atoms with Gasteiger partial charge < -0.3 is 5.11 Å². The van der Waals surface area contributed by atoms with Gasteiger partial charge in [-0.1, -0.05) is 61.6 Å². The monoisotopic (exact) mass is 228 g/mol. The highest BCUT2D eigenvalue weighted by atomic mass is 16.3. The van der Waals surface area contributed by atoms with Crippen LogP contribution in [0.1, 0.15) is 23.7 Å². The Labute approximate surface area is 101 Å². The van der Waals surface area contributed by atoms with E-state index in [4.69, 9.17) is 0 Å². The predicted octanol–water partition coefficient (Wildman–Crippen LogP) is 2.75. The number of aliphatic hydroxyl groups is 1. The Morgan fingerprint density at radius 1 is 1.29 bits per heavy atom. The highest BCUT2D eigenvalue weighted by Crippen LogP contribution is 2.30. The highest BCUT2D eigenvalue weighted by Gasteiger charge is 2.37. The number of carbonyl (C=O) groups excluding carboxylic acids is 1. The lowest BCUT2D eigenvalue weighted by molar-refractivity contribution is 0.0378. The number of ketones is 1. The van der Waals surface area contributed by atoms with E-state index in [0.29, 0.717) is 12.0 Å². The van der Waals surface area contributed by atoms with Crippen LogP contribution in [0.2, 0.25) is 0 Å². The lowest BCUT2D eigenvalue weighted by atomic mass is 9.77. The maximum Gasteiger partial charge on any atom is 0.172 e. The van der Waals surface area contributed by atoms with Gasteiger partial charge in [-0.2, -0.15) is 0 Å². The SMILES string of the molecule is CCC1(O)C=CC=CC1C(=O)c1ccccc1. The molecule has 0 saturated heterocycles. The van der Waals surface area contributed by atoms with Crippen LogP contribution >= 0.6 is 0 Å². The van der Waals surface area contributed by atoms with Gasteiger partial charge in [-0.05, 0) is 6.42 Å². The standard InChI is InChI=1S/C15H16O2/c1-2-15(17)11-7-6-10-13(15)14(16)12-8-4-3-5-9-12/h3-11,13,17H,2H2,1H3. The van der Waals surface area contributed by atoms with Gasteiger partial charge in [-0.3, -0.25) is 4.79 Å². The van der Waals surface area contributed by atoms with Gasteiger partial charge >= 0.3 is 0 Å². The molecule has 88 valence electrons. The van der Waals surface area contributed by atoms with Gasteiger partial charge in [0.2, 0.25) is 0 Å². The number of hydrogen-bond acceptors (Lipinski definition) is 2. The van der Waals surface area contributed by atoms with Gasteiger partial charge in [0.05, 0.1) is 11.5 Å². The quantitative estimate of drug-likeness (QED) is 0.808. The van der Waals surface area contributed by atoms with Crippen LogP contribution in [0.5, 0.6) is 0 Å². The van der Waals surface area contributed by atoms with E-state index in [1.165, 1.54) is 0 Å². The zero-order valence-electron chi connectivity index (χ0n) is 9.84. The minimum absolute atomic E-state index is 0.0319. The van der Waals surface area contributed by atoms with Crippen molar-refractivity contribution in [2.45, 2.75) is 18.9 Å². The topological polar surface area (TPSA) is 37.3 Å². The average Bonchev–Trinajstić information content (AvgIpc) is 2.39. The molecule has 2 rings (SSSR count). The molecule has 2 nitrogen and oxygen atoms in total. The minimum atomic E-state index is -1.05. The molecule has 2 atom stereocenters. The van der Waals surface area contributed by atoms with Crippen LogP contribution < -0.4 is 0 Å². The van der Waals surface area contributed by atoms with E-state index in [1.807, 2.05) is 31.2 Å². The van der Waals surface area contributed by atoms with Crippen molar-refractivity contribution in [3.05, 3.63) is 60.2 Å².